The molecule has 3 aromatic rings. The minimum atomic E-state index is -0.396. The lowest BCUT2D eigenvalue weighted by Crippen LogP contribution is -2.07. The van der Waals surface area contributed by atoms with Crippen LogP contribution in [-0.4, -0.2) is 16.3 Å². The zero-order valence-corrected chi connectivity index (χ0v) is 14.6. The Kier molecular flexibility index (Phi) is 4.90. The van der Waals surface area contributed by atoms with Gasteiger partial charge in [0.1, 0.15) is 11.6 Å². The molecular weight excluding hydrogens is 373 g/mol. The van der Waals surface area contributed by atoms with Crippen LogP contribution in [0.3, 0.4) is 0 Å². The van der Waals surface area contributed by atoms with E-state index in [0.29, 0.717) is 34.3 Å². The Hall–Kier alpha value is -2.27. The van der Waals surface area contributed by atoms with Gasteiger partial charge in [-0.25, -0.2) is 9.37 Å². The Balaban J connectivity index is 2.35. The molecule has 0 aliphatic carbocycles. The number of pyridine rings is 1. The number of ether oxygens (including phenoxy) is 1. The van der Waals surface area contributed by atoms with E-state index in [1.807, 2.05) is 24.3 Å². The Labute approximate surface area is 147 Å². The van der Waals surface area contributed by atoms with E-state index in [2.05, 4.69) is 15.9 Å². The maximum absolute atomic E-state index is 13.7. The molecule has 0 N–H and O–H groups in total. The molecule has 0 fully saturated rings. The Morgan fingerprint density at radius 2 is 2.00 bits per heavy atom. The van der Waals surface area contributed by atoms with Gasteiger partial charge in [0.05, 0.1) is 11.2 Å². The lowest BCUT2D eigenvalue weighted by atomic mass is 10.00. The summed E-state index contributed by atoms with van der Waals surface area (Å²) in [5.41, 5.74) is 2.77. The van der Waals surface area contributed by atoms with Crippen LogP contribution in [0.4, 0.5) is 4.39 Å². The molecular formula is C19H15BrFNO2. The first-order valence-electron chi connectivity index (χ1n) is 7.52. The number of para-hydroxylation sites is 1. The fourth-order valence-electron chi connectivity index (χ4n) is 2.68. The topological polar surface area (TPSA) is 39.2 Å². The maximum Gasteiger partial charge on any atom is 0.308 e. The van der Waals surface area contributed by atoms with Gasteiger partial charge in [-0.15, -0.1) is 0 Å². The second kappa shape index (κ2) is 7.09. The molecule has 0 bridgehead atoms. The van der Waals surface area contributed by atoms with Crippen LogP contribution in [0.25, 0.3) is 22.2 Å². The van der Waals surface area contributed by atoms with Gasteiger partial charge >= 0.3 is 5.97 Å². The van der Waals surface area contributed by atoms with E-state index in [1.54, 1.807) is 12.1 Å². The first-order chi connectivity index (χ1) is 11.6. The molecule has 0 spiro atoms. The van der Waals surface area contributed by atoms with E-state index in [9.17, 15) is 9.18 Å². The number of esters is 1. The highest BCUT2D eigenvalue weighted by Crippen LogP contribution is 2.36. The summed E-state index contributed by atoms with van der Waals surface area (Å²) in [6.07, 6.45) is 0.603. The van der Waals surface area contributed by atoms with Gasteiger partial charge in [0.15, 0.2) is 0 Å². The largest absolute Gasteiger partial charge is 0.426 e. The Bertz CT molecular complexity index is 911. The summed E-state index contributed by atoms with van der Waals surface area (Å²) >= 11 is 3.43. The molecule has 122 valence electrons. The van der Waals surface area contributed by atoms with E-state index in [1.165, 1.54) is 19.1 Å². The molecule has 24 heavy (non-hydrogen) atoms. The standard InChI is InChI=1S/C19H15BrFNO2/c1-12(23)24-19-15-7-2-3-8-17(15)22-18(16(19)9-10-20)13-5-4-6-14(21)11-13/h2-8,11H,9-10H2,1H3. The number of hydrogen-bond acceptors (Lipinski definition) is 3. The number of aromatic nitrogens is 1. The van der Waals surface area contributed by atoms with Crippen LogP contribution in [0.5, 0.6) is 5.75 Å². The maximum atomic E-state index is 13.7. The zero-order chi connectivity index (χ0) is 17.1. The molecule has 1 aromatic heterocycles. The summed E-state index contributed by atoms with van der Waals surface area (Å²) in [7, 11) is 0. The number of alkyl halides is 1. The van der Waals surface area contributed by atoms with Crippen molar-refractivity contribution in [2.24, 2.45) is 0 Å². The van der Waals surface area contributed by atoms with Gasteiger partial charge < -0.3 is 4.74 Å². The number of nitrogens with zero attached hydrogens (tertiary/aromatic N) is 1. The summed E-state index contributed by atoms with van der Waals surface area (Å²) in [5, 5.41) is 1.44. The van der Waals surface area contributed by atoms with Gasteiger partial charge in [-0.2, -0.15) is 0 Å². The van der Waals surface area contributed by atoms with Gasteiger partial charge in [-0.05, 0) is 30.7 Å². The predicted octanol–water partition coefficient (Wildman–Crippen LogP) is 4.90. The van der Waals surface area contributed by atoms with Gasteiger partial charge in [-0.3, -0.25) is 4.79 Å². The lowest BCUT2D eigenvalue weighted by Gasteiger charge is -2.16. The number of hydrogen-bond donors (Lipinski definition) is 0. The molecule has 0 amide bonds. The third-order valence-corrected chi connectivity index (χ3v) is 4.03. The monoisotopic (exact) mass is 387 g/mol. The number of fused-ring (bicyclic) bond motifs is 1. The normalized spacial score (nSPS) is 10.8. The van der Waals surface area contributed by atoms with Crippen LogP contribution in [0.15, 0.2) is 48.5 Å². The van der Waals surface area contributed by atoms with Crippen molar-refractivity contribution < 1.29 is 13.9 Å². The summed E-state index contributed by atoms with van der Waals surface area (Å²) in [6.45, 7) is 1.37. The van der Waals surface area contributed by atoms with Crippen LogP contribution in [-0.2, 0) is 11.2 Å². The predicted molar refractivity (Wildman–Crippen MR) is 95.9 cm³/mol. The summed E-state index contributed by atoms with van der Waals surface area (Å²) in [5.74, 6) is -0.236. The van der Waals surface area contributed by atoms with Crippen molar-refractivity contribution in [2.45, 2.75) is 13.3 Å². The van der Waals surface area contributed by atoms with Crippen molar-refractivity contribution in [1.82, 2.24) is 4.98 Å². The van der Waals surface area contributed by atoms with Crippen molar-refractivity contribution in [3.8, 4) is 17.0 Å². The van der Waals surface area contributed by atoms with Crippen molar-refractivity contribution in [2.75, 3.05) is 5.33 Å². The number of rotatable bonds is 4. The molecule has 2 aromatic carbocycles. The molecule has 3 nitrogen and oxygen atoms in total. The van der Waals surface area contributed by atoms with Crippen LogP contribution in [0.2, 0.25) is 0 Å². The number of benzene rings is 2. The minimum absolute atomic E-state index is 0.332. The number of halogens is 2. The first-order valence-corrected chi connectivity index (χ1v) is 8.64. The molecule has 0 atom stereocenters. The average Bonchev–Trinajstić information content (AvgIpc) is 2.56. The fraction of sp³-hybridized carbons (Fsp3) is 0.158. The summed E-state index contributed by atoms with van der Waals surface area (Å²) in [4.78, 5) is 16.3. The molecule has 0 unspecified atom stereocenters. The van der Waals surface area contributed by atoms with Crippen molar-refractivity contribution >= 4 is 32.8 Å². The van der Waals surface area contributed by atoms with Gasteiger partial charge in [0.25, 0.3) is 0 Å². The zero-order valence-electron chi connectivity index (χ0n) is 13.1. The van der Waals surface area contributed by atoms with Crippen molar-refractivity contribution in [3.05, 3.63) is 59.9 Å². The van der Waals surface area contributed by atoms with Crippen LogP contribution >= 0.6 is 15.9 Å². The SMILES string of the molecule is CC(=O)Oc1c(CCBr)c(-c2cccc(F)c2)nc2ccccc12. The molecule has 0 saturated carbocycles. The van der Waals surface area contributed by atoms with E-state index < -0.39 is 5.97 Å². The highest BCUT2D eigenvalue weighted by Gasteiger charge is 2.18. The lowest BCUT2D eigenvalue weighted by molar-refractivity contribution is -0.131. The Morgan fingerprint density at radius 1 is 1.21 bits per heavy atom. The summed E-state index contributed by atoms with van der Waals surface area (Å²) < 4.78 is 19.2. The van der Waals surface area contributed by atoms with Gasteiger partial charge in [0.2, 0.25) is 0 Å². The molecule has 0 aliphatic rings. The molecule has 1 heterocycles. The molecule has 0 aliphatic heterocycles. The second-order valence-electron chi connectivity index (χ2n) is 5.33. The highest BCUT2D eigenvalue weighted by atomic mass is 79.9. The van der Waals surface area contributed by atoms with Crippen molar-refractivity contribution in [3.63, 3.8) is 0 Å². The second-order valence-corrected chi connectivity index (χ2v) is 6.12. The van der Waals surface area contributed by atoms with E-state index in [-0.39, 0.29) is 5.82 Å². The van der Waals surface area contributed by atoms with E-state index >= 15 is 0 Å². The minimum Gasteiger partial charge on any atom is -0.426 e. The van der Waals surface area contributed by atoms with E-state index in [4.69, 9.17) is 9.72 Å². The third-order valence-electron chi connectivity index (χ3n) is 3.63. The number of carbonyl (C=O) groups excluding carboxylic acids is 1. The smallest absolute Gasteiger partial charge is 0.308 e. The van der Waals surface area contributed by atoms with E-state index in [0.717, 1.165) is 10.9 Å². The van der Waals surface area contributed by atoms with Crippen LogP contribution < -0.4 is 4.74 Å². The average molecular weight is 388 g/mol. The van der Waals surface area contributed by atoms with Crippen LogP contribution in [0, 0.1) is 5.82 Å². The van der Waals surface area contributed by atoms with Gasteiger partial charge in [0, 0.05) is 28.8 Å². The third kappa shape index (κ3) is 3.31. The first kappa shape index (κ1) is 16.6. The fourth-order valence-corrected chi connectivity index (χ4v) is 3.08. The molecule has 0 saturated heterocycles. The van der Waals surface area contributed by atoms with Gasteiger partial charge in [-0.1, -0.05) is 40.2 Å². The quantitative estimate of drug-likeness (QED) is 0.471. The highest BCUT2D eigenvalue weighted by molar-refractivity contribution is 9.09. The number of carbonyl (C=O) groups is 1. The summed E-state index contributed by atoms with van der Waals surface area (Å²) in [6, 6.07) is 13.7. The molecule has 0 radical (unpaired) electrons. The Morgan fingerprint density at radius 3 is 2.71 bits per heavy atom. The van der Waals surface area contributed by atoms with Crippen LogP contribution in [0.1, 0.15) is 12.5 Å². The molecule has 5 heteroatoms. The molecule has 3 rings (SSSR count). The van der Waals surface area contributed by atoms with Crippen molar-refractivity contribution in [1.29, 1.82) is 0 Å².